The summed E-state index contributed by atoms with van der Waals surface area (Å²) in [5.74, 6) is -0.248. The maximum absolute atomic E-state index is 13.5. The number of hydrogen-bond acceptors (Lipinski definition) is 1. The zero-order chi connectivity index (χ0) is 11.7. The highest BCUT2D eigenvalue weighted by molar-refractivity contribution is 9.10. The fraction of sp³-hybridized carbons (Fsp3) is 0.417. The van der Waals surface area contributed by atoms with Crippen LogP contribution in [0.25, 0.3) is 0 Å². The van der Waals surface area contributed by atoms with Gasteiger partial charge < -0.3 is 5.32 Å². The lowest BCUT2D eigenvalue weighted by Gasteiger charge is -2.13. The Balaban J connectivity index is 2.07. The van der Waals surface area contributed by atoms with Crippen molar-refractivity contribution in [3.05, 3.63) is 34.1 Å². The van der Waals surface area contributed by atoms with Gasteiger partial charge in [-0.3, -0.25) is 4.79 Å². The van der Waals surface area contributed by atoms with Gasteiger partial charge in [0.05, 0.1) is 5.56 Å². The van der Waals surface area contributed by atoms with E-state index in [2.05, 4.69) is 21.2 Å². The van der Waals surface area contributed by atoms with Gasteiger partial charge in [0.25, 0.3) is 5.91 Å². The first-order valence-electron chi connectivity index (χ1n) is 5.34. The molecule has 0 bridgehead atoms. The third-order valence-electron chi connectivity index (χ3n) is 2.86. The third-order valence-corrected chi connectivity index (χ3v) is 3.36. The predicted molar refractivity (Wildman–Crippen MR) is 63.8 cm³/mol. The number of carbonyl (C=O) groups excluding carboxylic acids is 1. The van der Waals surface area contributed by atoms with Crippen molar-refractivity contribution in [2.45, 2.75) is 25.8 Å². The van der Waals surface area contributed by atoms with E-state index >= 15 is 0 Å². The van der Waals surface area contributed by atoms with Gasteiger partial charge in [0.2, 0.25) is 0 Å². The van der Waals surface area contributed by atoms with Gasteiger partial charge >= 0.3 is 0 Å². The first-order valence-corrected chi connectivity index (χ1v) is 6.13. The monoisotopic (exact) mass is 285 g/mol. The molecule has 0 radical (unpaired) electrons. The Hall–Kier alpha value is -0.900. The molecule has 1 aromatic rings. The molecule has 2 nitrogen and oxygen atoms in total. The third kappa shape index (κ3) is 2.61. The quantitative estimate of drug-likeness (QED) is 0.908. The average molecular weight is 286 g/mol. The van der Waals surface area contributed by atoms with Crippen molar-refractivity contribution in [2.24, 2.45) is 5.92 Å². The number of rotatable bonds is 3. The van der Waals surface area contributed by atoms with Crippen molar-refractivity contribution < 1.29 is 9.18 Å². The Morgan fingerprint density at radius 3 is 2.81 bits per heavy atom. The second kappa shape index (κ2) is 4.53. The van der Waals surface area contributed by atoms with Crippen LogP contribution in [0.4, 0.5) is 4.39 Å². The highest BCUT2D eigenvalue weighted by atomic mass is 79.9. The van der Waals surface area contributed by atoms with E-state index in [9.17, 15) is 9.18 Å². The molecule has 1 N–H and O–H groups in total. The Bertz CT molecular complexity index is 417. The minimum atomic E-state index is -0.491. The van der Waals surface area contributed by atoms with Crippen molar-refractivity contribution in [1.82, 2.24) is 5.32 Å². The van der Waals surface area contributed by atoms with Crippen LogP contribution in [-0.4, -0.2) is 11.9 Å². The molecule has 1 aromatic carbocycles. The lowest BCUT2D eigenvalue weighted by Crippen LogP contribution is -2.34. The number of nitrogens with one attached hydrogen (secondary N) is 1. The highest BCUT2D eigenvalue weighted by Gasteiger charge is 2.29. The van der Waals surface area contributed by atoms with Crippen LogP contribution in [-0.2, 0) is 0 Å². The first kappa shape index (κ1) is 11.6. The van der Waals surface area contributed by atoms with E-state index in [0.29, 0.717) is 10.4 Å². The second-order valence-electron chi connectivity index (χ2n) is 4.22. The largest absolute Gasteiger partial charge is 0.349 e. The molecule has 0 heterocycles. The van der Waals surface area contributed by atoms with Gasteiger partial charge in [0.1, 0.15) is 5.82 Å². The Morgan fingerprint density at radius 2 is 2.25 bits per heavy atom. The summed E-state index contributed by atoms with van der Waals surface area (Å²) in [4.78, 5) is 11.8. The van der Waals surface area contributed by atoms with Gasteiger partial charge in [-0.25, -0.2) is 4.39 Å². The van der Waals surface area contributed by atoms with Gasteiger partial charge in [-0.15, -0.1) is 0 Å². The molecule has 0 saturated heterocycles. The zero-order valence-corrected chi connectivity index (χ0v) is 10.6. The Morgan fingerprint density at radius 1 is 1.56 bits per heavy atom. The SMILES string of the molecule is CC(NC(=O)c1ccc(Br)cc1F)C1CC1. The lowest BCUT2D eigenvalue weighted by molar-refractivity contribution is 0.0932. The maximum atomic E-state index is 13.5. The van der Waals surface area contributed by atoms with E-state index in [4.69, 9.17) is 0 Å². The molecular weight excluding hydrogens is 273 g/mol. The van der Waals surface area contributed by atoms with E-state index in [1.165, 1.54) is 12.1 Å². The number of carbonyl (C=O) groups is 1. The molecular formula is C12H13BrFNO. The molecule has 0 spiro atoms. The van der Waals surface area contributed by atoms with Crippen molar-refractivity contribution >= 4 is 21.8 Å². The van der Waals surface area contributed by atoms with Crippen LogP contribution in [0.3, 0.4) is 0 Å². The van der Waals surface area contributed by atoms with Crippen LogP contribution in [0, 0.1) is 11.7 Å². The van der Waals surface area contributed by atoms with Crippen molar-refractivity contribution in [3.8, 4) is 0 Å². The van der Waals surface area contributed by atoms with E-state index < -0.39 is 5.82 Å². The van der Waals surface area contributed by atoms with Crippen molar-refractivity contribution in [1.29, 1.82) is 0 Å². The van der Waals surface area contributed by atoms with Gasteiger partial charge in [0, 0.05) is 10.5 Å². The van der Waals surface area contributed by atoms with Crippen molar-refractivity contribution in [2.75, 3.05) is 0 Å². The van der Waals surface area contributed by atoms with Crippen LogP contribution < -0.4 is 5.32 Å². The van der Waals surface area contributed by atoms with Crippen LogP contribution in [0.15, 0.2) is 22.7 Å². The zero-order valence-electron chi connectivity index (χ0n) is 8.97. The number of hydrogen-bond donors (Lipinski definition) is 1. The molecule has 1 unspecified atom stereocenters. The Labute approximate surface area is 102 Å². The molecule has 1 saturated carbocycles. The van der Waals surface area contributed by atoms with E-state index in [0.717, 1.165) is 12.8 Å². The van der Waals surface area contributed by atoms with Gasteiger partial charge in [-0.05, 0) is 43.9 Å². The fourth-order valence-electron chi connectivity index (χ4n) is 1.67. The lowest BCUT2D eigenvalue weighted by atomic mass is 10.1. The minimum absolute atomic E-state index is 0.107. The molecule has 1 amide bonds. The second-order valence-corrected chi connectivity index (χ2v) is 5.14. The summed E-state index contributed by atoms with van der Waals surface area (Å²) < 4.78 is 14.1. The van der Waals surface area contributed by atoms with E-state index in [-0.39, 0.29) is 17.5 Å². The summed E-state index contributed by atoms with van der Waals surface area (Å²) >= 11 is 3.16. The van der Waals surface area contributed by atoms with Crippen molar-refractivity contribution in [3.63, 3.8) is 0 Å². The van der Waals surface area contributed by atoms with Gasteiger partial charge in [-0.1, -0.05) is 15.9 Å². The Kier molecular flexibility index (Phi) is 3.28. The predicted octanol–water partition coefficient (Wildman–Crippen LogP) is 3.12. The molecule has 0 aromatic heterocycles. The van der Waals surface area contributed by atoms with E-state index in [1.807, 2.05) is 6.92 Å². The molecule has 0 aliphatic heterocycles. The number of halogens is 2. The van der Waals surface area contributed by atoms with Crippen LogP contribution in [0.2, 0.25) is 0 Å². The molecule has 4 heteroatoms. The summed E-state index contributed by atoms with van der Waals surface area (Å²) in [5, 5.41) is 2.82. The molecule has 16 heavy (non-hydrogen) atoms. The first-order chi connectivity index (χ1) is 7.58. The minimum Gasteiger partial charge on any atom is -0.349 e. The van der Waals surface area contributed by atoms with Gasteiger partial charge in [0.15, 0.2) is 0 Å². The standard InChI is InChI=1S/C12H13BrFNO/c1-7(8-2-3-8)15-12(16)10-5-4-9(13)6-11(10)14/h4-8H,2-3H2,1H3,(H,15,16). The fourth-order valence-corrected chi connectivity index (χ4v) is 2.01. The molecule has 86 valence electrons. The molecule has 2 rings (SSSR count). The van der Waals surface area contributed by atoms with Crippen LogP contribution in [0.5, 0.6) is 0 Å². The molecule has 1 aliphatic carbocycles. The summed E-state index contributed by atoms with van der Waals surface area (Å²) in [6.45, 7) is 1.96. The van der Waals surface area contributed by atoms with Crippen LogP contribution >= 0.6 is 15.9 Å². The molecule has 1 aliphatic rings. The topological polar surface area (TPSA) is 29.1 Å². The van der Waals surface area contributed by atoms with Gasteiger partial charge in [-0.2, -0.15) is 0 Å². The highest BCUT2D eigenvalue weighted by Crippen LogP contribution is 2.32. The molecule has 1 atom stereocenters. The van der Waals surface area contributed by atoms with E-state index in [1.54, 1.807) is 6.07 Å². The smallest absolute Gasteiger partial charge is 0.254 e. The number of amides is 1. The molecule has 1 fully saturated rings. The van der Waals surface area contributed by atoms with Crippen LogP contribution in [0.1, 0.15) is 30.1 Å². The number of benzene rings is 1. The maximum Gasteiger partial charge on any atom is 0.254 e. The average Bonchev–Trinajstić information content (AvgIpc) is 2.99. The normalized spacial score (nSPS) is 16.9. The summed E-state index contributed by atoms with van der Waals surface area (Å²) in [5.41, 5.74) is 0.107. The summed E-state index contributed by atoms with van der Waals surface area (Å²) in [6.07, 6.45) is 2.31. The summed E-state index contributed by atoms with van der Waals surface area (Å²) in [7, 11) is 0. The summed E-state index contributed by atoms with van der Waals surface area (Å²) in [6, 6.07) is 4.60.